The molecular weight excluding hydrogens is 210 g/mol. The van der Waals surface area contributed by atoms with Crippen LogP contribution in [0.3, 0.4) is 0 Å². The number of hydrogen-bond acceptors (Lipinski definition) is 2. The summed E-state index contributed by atoms with van der Waals surface area (Å²) in [5.74, 6) is 4.80. The fourth-order valence-corrected chi connectivity index (χ4v) is 1.61. The van der Waals surface area contributed by atoms with Gasteiger partial charge in [0.1, 0.15) is 11.6 Å². The van der Waals surface area contributed by atoms with Gasteiger partial charge in [-0.3, -0.25) is 11.3 Å². The summed E-state index contributed by atoms with van der Waals surface area (Å²) in [6.45, 7) is 4.18. The van der Waals surface area contributed by atoms with Crippen LogP contribution in [0.4, 0.5) is 8.78 Å². The lowest BCUT2D eigenvalue weighted by Crippen LogP contribution is -2.29. The standard InChI is InChI=1S/C12H18F2N2/c1-8(2)3-6-12(16-15)10-5-4-9(13)7-11(10)14/h4-5,7-8,12,16H,3,6,15H2,1-2H3. The van der Waals surface area contributed by atoms with Crippen LogP contribution in [-0.2, 0) is 0 Å². The number of benzene rings is 1. The van der Waals surface area contributed by atoms with E-state index in [9.17, 15) is 8.78 Å². The minimum atomic E-state index is -0.569. The van der Waals surface area contributed by atoms with Gasteiger partial charge in [0, 0.05) is 17.7 Å². The second-order valence-electron chi connectivity index (χ2n) is 4.36. The van der Waals surface area contributed by atoms with Crippen LogP contribution < -0.4 is 11.3 Å². The number of nitrogens with one attached hydrogen (secondary N) is 1. The molecule has 0 fully saturated rings. The fraction of sp³-hybridized carbons (Fsp3) is 0.500. The van der Waals surface area contributed by atoms with Crippen molar-refractivity contribution in [3.05, 3.63) is 35.4 Å². The number of nitrogens with two attached hydrogens (primary N) is 1. The summed E-state index contributed by atoms with van der Waals surface area (Å²) >= 11 is 0. The van der Waals surface area contributed by atoms with Crippen LogP contribution in [0, 0.1) is 17.6 Å². The summed E-state index contributed by atoms with van der Waals surface area (Å²) in [6, 6.07) is 3.31. The Morgan fingerprint density at radius 1 is 1.25 bits per heavy atom. The van der Waals surface area contributed by atoms with Crippen LogP contribution in [-0.4, -0.2) is 0 Å². The van der Waals surface area contributed by atoms with Crippen molar-refractivity contribution in [3.63, 3.8) is 0 Å². The molecule has 0 aromatic heterocycles. The molecule has 0 amide bonds. The minimum absolute atomic E-state index is 0.261. The summed E-state index contributed by atoms with van der Waals surface area (Å²) in [5.41, 5.74) is 2.99. The third-order valence-corrected chi connectivity index (χ3v) is 2.57. The highest BCUT2D eigenvalue weighted by molar-refractivity contribution is 5.22. The zero-order chi connectivity index (χ0) is 12.1. The van der Waals surface area contributed by atoms with E-state index in [-0.39, 0.29) is 6.04 Å². The zero-order valence-corrected chi connectivity index (χ0v) is 9.63. The van der Waals surface area contributed by atoms with E-state index < -0.39 is 11.6 Å². The molecule has 1 aromatic rings. The third-order valence-electron chi connectivity index (χ3n) is 2.57. The van der Waals surface area contributed by atoms with Gasteiger partial charge in [-0.25, -0.2) is 8.78 Å². The van der Waals surface area contributed by atoms with Gasteiger partial charge in [0.15, 0.2) is 0 Å². The first-order valence-electron chi connectivity index (χ1n) is 5.45. The molecule has 1 aromatic carbocycles. The number of rotatable bonds is 5. The van der Waals surface area contributed by atoms with Crippen molar-refractivity contribution < 1.29 is 8.78 Å². The van der Waals surface area contributed by atoms with Gasteiger partial charge in [0.25, 0.3) is 0 Å². The Balaban J connectivity index is 2.78. The molecule has 0 aliphatic rings. The van der Waals surface area contributed by atoms with Gasteiger partial charge in [-0.2, -0.15) is 0 Å². The SMILES string of the molecule is CC(C)CCC(NN)c1ccc(F)cc1F. The van der Waals surface area contributed by atoms with Gasteiger partial charge in [0.2, 0.25) is 0 Å². The summed E-state index contributed by atoms with van der Waals surface area (Å²) in [5, 5.41) is 0. The smallest absolute Gasteiger partial charge is 0.130 e. The normalized spacial score (nSPS) is 13.1. The van der Waals surface area contributed by atoms with E-state index in [0.29, 0.717) is 11.5 Å². The predicted octanol–water partition coefficient (Wildman–Crippen LogP) is 2.91. The molecule has 0 bridgehead atoms. The summed E-state index contributed by atoms with van der Waals surface area (Å²) in [6.07, 6.45) is 1.67. The van der Waals surface area contributed by atoms with Crippen molar-refractivity contribution in [2.45, 2.75) is 32.7 Å². The summed E-state index contributed by atoms with van der Waals surface area (Å²) < 4.78 is 26.2. The maximum atomic E-state index is 13.5. The first-order chi connectivity index (χ1) is 7.54. The average Bonchev–Trinajstić information content (AvgIpc) is 2.21. The average molecular weight is 228 g/mol. The molecule has 3 N–H and O–H groups in total. The summed E-state index contributed by atoms with van der Waals surface area (Å²) in [7, 11) is 0. The highest BCUT2D eigenvalue weighted by atomic mass is 19.1. The van der Waals surface area contributed by atoms with Crippen LogP contribution in [0.5, 0.6) is 0 Å². The van der Waals surface area contributed by atoms with Gasteiger partial charge in [-0.15, -0.1) is 0 Å². The Hall–Kier alpha value is -1.00. The first kappa shape index (κ1) is 13.1. The molecule has 1 atom stereocenters. The van der Waals surface area contributed by atoms with Crippen molar-refractivity contribution in [2.24, 2.45) is 11.8 Å². The number of halogens is 2. The van der Waals surface area contributed by atoms with Crippen molar-refractivity contribution in [3.8, 4) is 0 Å². The number of hydrazine groups is 1. The van der Waals surface area contributed by atoms with Crippen LogP contribution >= 0.6 is 0 Å². The van der Waals surface area contributed by atoms with Crippen LogP contribution in [0.1, 0.15) is 38.3 Å². The first-order valence-corrected chi connectivity index (χ1v) is 5.45. The lowest BCUT2D eigenvalue weighted by atomic mass is 9.98. The molecule has 0 heterocycles. The molecule has 1 rings (SSSR count). The second kappa shape index (κ2) is 5.92. The Labute approximate surface area is 94.8 Å². The van der Waals surface area contributed by atoms with Crippen molar-refractivity contribution >= 4 is 0 Å². The van der Waals surface area contributed by atoms with Gasteiger partial charge in [-0.05, 0) is 24.8 Å². The van der Waals surface area contributed by atoms with Crippen molar-refractivity contribution in [1.82, 2.24) is 5.43 Å². The van der Waals surface area contributed by atoms with E-state index in [2.05, 4.69) is 19.3 Å². The molecular formula is C12H18F2N2. The highest BCUT2D eigenvalue weighted by Gasteiger charge is 2.15. The molecule has 0 radical (unpaired) electrons. The van der Waals surface area contributed by atoms with Crippen LogP contribution in [0.15, 0.2) is 18.2 Å². The Bertz CT molecular complexity index is 340. The molecule has 1 unspecified atom stereocenters. The molecule has 0 aliphatic carbocycles. The molecule has 4 heteroatoms. The molecule has 2 nitrogen and oxygen atoms in total. The summed E-state index contributed by atoms with van der Waals surface area (Å²) in [4.78, 5) is 0. The van der Waals surface area contributed by atoms with E-state index >= 15 is 0 Å². The van der Waals surface area contributed by atoms with Gasteiger partial charge in [0.05, 0.1) is 0 Å². The van der Waals surface area contributed by atoms with Crippen LogP contribution in [0.2, 0.25) is 0 Å². The van der Waals surface area contributed by atoms with Gasteiger partial charge in [-0.1, -0.05) is 19.9 Å². The highest BCUT2D eigenvalue weighted by Crippen LogP contribution is 2.23. The Morgan fingerprint density at radius 2 is 1.94 bits per heavy atom. The zero-order valence-electron chi connectivity index (χ0n) is 9.63. The van der Waals surface area contributed by atoms with E-state index in [1.807, 2.05) is 0 Å². The van der Waals surface area contributed by atoms with E-state index in [0.717, 1.165) is 18.9 Å². The van der Waals surface area contributed by atoms with Crippen molar-refractivity contribution in [1.29, 1.82) is 0 Å². The molecule has 0 spiro atoms. The monoisotopic (exact) mass is 228 g/mol. The predicted molar refractivity (Wildman–Crippen MR) is 60.5 cm³/mol. The topological polar surface area (TPSA) is 38.0 Å². The van der Waals surface area contributed by atoms with E-state index in [4.69, 9.17) is 5.84 Å². The third kappa shape index (κ3) is 3.54. The van der Waals surface area contributed by atoms with E-state index in [1.165, 1.54) is 12.1 Å². The maximum absolute atomic E-state index is 13.5. The fourth-order valence-electron chi connectivity index (χ4n) is 1.61. The Morgan fingerprint density at radius 3 is 2.44 bits per heavy atom. The largest absolute Gasteiger partial charge is 0.271 e. The molecule has 90 valence electrons. The number of hydrogen-bond donors (Lipinski definition) is 2. The van der Waals surface area contributed by atoms with Crippen LogP contribution in [0.25, 0.3) is 0 Å². The Kier molecular flexibility index (Phi) is 4.83. The van der Waals surface area contributed by atoms with Crippen molar-refractivity contribution in [2.75, 3.05) is 0 Å². The minimum Gasteiger partial charge on any atom is -0.271 e. The lowest BCUT2D eigenvalue weighted by Gasteiger charge is -2.18. The molecule has 0 saturated heterocycles. The van der Waals surface area contributed by atoms with Gasteiger partial charge >= 0.3 is 0 Å². The second-order valence-corrected chi connectivity index (χ2v) is 4.36. The molecule has 16 heavy (non-hydrogen) atoms. The maximum Gasteiger partial charge on any atom is 0.130 e. The lowest BCUT2D eigenvalue weighted by molar-refractivity contribution is 0.432. The van der Waals surface area contributed by atoms with E-state index in [1.54, 1.807) is 0 Å². The van der Waals surface area contributed by atoms with Gasteiger partial charge < -0.3 is 0 Å². The molecule has 0 saturated carbocycles. The molecule has 0 aliphatic heterocycles. The quantitative estimate of drug-likeness (QED) is 0.600.